The number of halogens is 1. The van der Waals surface area contributed by atoms with Crippen molar-refractivity contribution in [2.45, 2.75) is 51.1 Å². The van der Waals surface area contributed by atoms with Crippen LogP contribution in [-0.4, -0.2) is 23.5 Å². The third-order valence-electron chi connectivity index (χ3n) is 4.44. The van der Waals surface area contributed by atoms with Gasteiger partial charge in [-0.25, -0.2) is 0 Å². The number of fused-ring (bicyclic) bond motifs is 1. The summed E-state index contributed by atoms with van der Waals surface area (Å²) >= 11 is 3.57. The number of aryl methyl sites for hydroxylation is 1. The Hall–Kier alpha value is -0.340. The van der Waals surface area contributed by atoms with Gasteiger partial charge in [-0.3, -0.25) is 4.90 Å². The van der Waals surface area contributed by atoms with Crippen LogP contribution in [-0.2, 0) is 12.8 Å². The van der Waals surface area contributed by atoms with Crippen molar-refractivity contribution in [1.29, 1.82) is 0 Å². The Balaban J connectivity index is 1.78. The Labute approximate surface area is 112 Å². The minimum atomic E-state index is 0.793. The summed E-state index contributed by atoms with van der Waals surface area (Å²) in [6.07, 6.45) is 6.64. The van der Waals surface area contributed by atoms with E-state index in [1.807, 2.05) is 0 Å². The highest BCUT2D eigenvalue weighted by atomic mass is 79.9. The average molecular weight is 294 g/mol. The minimum absolute atomic E-state index is 0.793. The Morgan fingerprint density at radius 2 is 2.12 bits per heavy atom. The predicted molar refractivity (Wildman–Crippen MR) is 75.4 cm³/mol. The highest BCUT2D eigenvalue weighted by molar-refractivity contribution is 9.10. The SMILES string of the molecule is C[C@@H]1CCCN1[C@H]1CCc2cc(Br)ccc2C1. The maximum Gasteiger partial charge on any atom is 0.0178 e. The van der Waals surface area contributed by atoms with Gasteiger partial charge in [0.2, 0.25) is 0 Å². The van der Waals surface area contributed by atoms with Gasteiger partial charge < -0.3 is 0 Å². The summed E-state index contributed by atoms with van der Waals surface area (Å²) in [5, 5.41) is 0. The summed E-state index contributed by atoms with van der Waals surface area (Å²) < 4.78 is 1.23. The zero-order chi connectivity index (χ0) is 11.8. The Morgan fingerprint density at radius 3 is 2.88 bits per heavy atom. The smallest absolute Gasteiger partial charge is 0.0178 e. The molecular formula is C15H20BrN. The van der Waals surface area contributed by atoms with Crippen molar-refractivity contribution in [2.24, 2.45) is 0 Å². The number of nitrogens with zero attached hydrogens (tertiary/aromatic N) is 1. The first kappa shape index (κ1) is 11.7. The van der Waals surface area contributed by atoms with Crippen molar-refractivity contribution in [1.82, 2.24) is 4.90 Å². The van der Waals surface area contributed by atoms with Gasteiger partial charge in [-0.15, -0.1) is 0 Å². The molecule has 0 bridgehead atoms. The molecule has 2 heteroatoms. The molecule has 0 aromatic heterocycles. The van der Waals surface area contributed by atoms with Crippen LogP contribution in [0.5, 0.6) is 0 Å². The van der Waals surface area contributed by atoms with Gasteiger partial charge in [0.25, 0.3) is 0 Å². The van der Waals surface area contributed by atoms with E-state index >= 15 is 0 Å². The second kappa shape index (κ2) is 4.74. The molecule has 1 fully saturated rings. The van der Waals surface area contributed by atoms with E-state index in [9.17, 15) is 0 Å². The molecular weight excluding hydrogens is 274 g/mol. The summed E-state index contributed by atoms with van der Waals surface area (Å²) in [4.78, 5) is 2.74. The lowest BCUT2D eigenvalue weighted by atomic mass is 9.87. The molecule has 1 aromatic rings. The molecule has 1 nitrogen and oxygen atoms in total. The first-order valence-electron chi connectivity index (χ1n) is 6.77. The van der Waals surface area contributed by atoms with Crippen molar-refractivity contribution < 1.29 is 0 Å². The third-order valence-corrected chi connectivity index (χ3v) is 4.94. The van der Waals surface area contributed by atoms with E-state index in [0.29, 0.717) is 0 Å². The fraction of sp³-hybridized carbons (Fsp3) is 0.600. The van der Waals surface area contributed by atoms with Gasteiger partial charge in [-0.2, -0.15) is 0 Å². The van der Waals surface area contributed by atoms with Crippen LogP contribution < -0.4 is 0 Å². The van der Waals surface area contributed by atoms with Crippen LogP contribution in [0.4, 0.5) is 0 Å². The minimum Gasteiger partial charge on any atom is -0.297 e. The van der Waals surface area contributed by atoms with Crippen molar-refractivity contribution in [3.8, 4) is 0 Å². The van der Waals surface area contributed by atoms with Gasteiger partial charge >= 0.3 is 0 Å². The summed E-state index contributed by atoms with van der Waals surface area (Å²) in [5.41, 5.74) is 3.13. The Morgan fingerprint density at radius 1 is 1.24 bits per heavy atom. The van der Waals surface area contributed by atoms with Crippen molar-refractivity contribution in [3.63, 3.8) is 0 Å². The molecule has 0 spiro atoms. The number of hydrogen-bond acceptors (Lipinski definition) is 1. The summed E-state index contributed by atoms with van der Waals surface area (Å²) in [5.74, 6) is 0. The predicted octanol–water partition coefficient (Wildman–Crippen LogP) is 3.79. The molecule has 1 aliphatic heterocycles. The second-order valence-electron chi connectivity index (χ2n) is 5.54. The van der Waals surface area contributed by atoms with Crippen LogP contribution >= 0.6 is 15.9 Å². The van der Waals surface area contributed by atoms with Gasteiger partial charge in [0.15, 0.2) is 0 Å². The normalized spacial score (nSPS) is 29.3. The van der Waals surface area contributed by atoms with E-state index in [1.54, 1.807) is 11.1 Å². The highest BCUT2D eigenvalue weighted by Crippen LogP contribution is 2.30. The van der Waals surface area contributed by atoms with Gasteiger partial charge in [-0.1, -0.05) is 22.0 Å². The van der Waals surface area contributed by atoms with Gasteiger partial charge in [0, 0.05) is 16.6 Å². The molecule has 0 unspecified atom stereocenters. The molecule has 0 N–H and O–H groups in total. The van der Waals surface area contributed by atoms with E-state index in [4.69, 9.17) is 0 Å². The van der Waals surface area contributed by atoms with Crippen molar-refractivity contribution in [3.05, 3.63) is 33.8 Å². The standard InChI is InChI=1S/C15H20BrN/c1-11-3-2-8-17(11)15-7-5-12-9-14(16)6-4-13(12)10-15/h4,6,9,11,15H,2-3,5,7-8,10H2,1H3/t11-,15+/m1/s1. The number of rotatable bonds is 1. The van der Waals surface area contributed by atoms with Crippen LogP contribution in [0.25, 0.3) is 0 Å². The zero-order valence-electron chi connectivity index (χ0n) is 10.5. The average Bonchev–Trinajstić information content (AvgIpc) is 2.75. The monoisotopic (exact) mass is 293 g/mol. The molecule has 17 heavy (non-hydrogen) atoms. The fourth-order valence-corrected chi connectivity index (χ4v) is 3.89. The lowest BCUT2D eigenvalue weighted by Gasteiger charge is -2.35. The van der Waals surface area contributed by atoms with Crippen LogP contribution in [0.1, 0.15) is 37.3 Å². The first-order valence-corrected chi connectivity index (χ1v) is 7.56. The summed E-state index contributed by atoms with van der Waals surface area (Å²) in [6, 6.07) is 8.40. The number of benzene rings is 1. The molecule has 1 aromatic carbocycles. The quantitative estimate of drug-likeness (QED) is 0.761. The lowest BCUT2D eigenvalue weighted by Crippen LogP contribution is -2.41. The third kappa shape index (κ3) is 2.30. The first-order chi connectivity index (χ1) is 8.24. The Kier molecular flexibility index (Phi) is 3.27. The Bertz CT molecular complexity index is 415. The number of likely N-dealkylation sites (tertiary alicyclic amines) is 1. The van der Waals surface area contributed by atoms with Crippen LogP contribution in [0.2, 0.25) is 0 Å². The molecule has 0 saturated carbocycles. The maximum absolute atomic E-state index is 3.57. The molecule has 1 heterocycles. The molecule has 1 saturated heterocycles. The largest absolute Gasteiger partial charge is 0.297 e. The van der Waals surface area contributed by atoms with Crippen LogP contribution in [0.3, 0.4) is 0 Å². The lowest BCUT2D eigenvalue weighted by molar-refractivity contribution is 0.174. The molecule has 2 atom stereocenters. The van der Waals surface area contributed by atoms with Crippen LogP contribution in [0, 0.1) is 0 Å². The van der Waals surface area contributed by atoms with Crippen molar-refractivity contribution >= 4 is 15.9 Å². The van der Waals surface area contributed by atoms with E-state index in [2.05, 4.69) is 46.0 Å². The molecule has 2 aliphatic rings. The van der Waals surface area contributed by atoms with Crippen LogP contribution in [0.15, 0.2) is 22.7 Å². The van der Waals surface area contributed by atoms with E-state index in [0.717, 1.165) is 12.1 Å². The fourth-order valence-electron chi connectivity index (χ4n) is 3.49. The van der Waals surface area contributed by atoms with Gasteiger partial charge in [0.05, 0.1) is 0 Å². The van der Waals surface area contributed by atoms with Crippen molar-refractivity contribution in [2.75, 3.05) is 6.54 Å². The topological polar surface area (TPSA) is 3.24 Å². The maximum atomic E-state index is 3.57. The van der Waals surface area contributed by atoms with E-state index in [1.165, 1.54) is 43.1 Å². The summed E-state index contributed by atoms with van der Waals surface area (Å²) in [6.45, 7) is 3.71. The van der Waals surface area contributed by atoms with Gasteiger partial charge in [-0.05, 0) is 68.8 Å². The summed E-state index contributed by atoms with van der Waals surface area (Å²) in [7, 11) is 0. The molecule has 1 aliphatic carbocycles. The van der Waals surface area contributed by atoms with Gasteiger partial charge in [0.1, 0.15) is 0 Å². The highest BCUT2D eigenvalue weighted by Gasteiger charge is 2.30. The zero-order valence-corrected chi connectivity index (χ0v) is 12.0. The van der Waals surface area contributed by atoms with E-state index in [-0.39, 0.29) is 0 Å². The van der Waals surface area contributed by atoms with E-state index < -0.39 is 0 Å². The second-order valence-corrected chi connectivity index (χ2v) is 6.45. The molecule has 3 rings (SSSR count). The molecule has 0 radical (unpaired) electrons. The molecule has 0 amide bonds. The molecule has 92 valence electrons. The number of hydrogen-bond donors (Lipinski definition) is 0.